The van der Waals surface area contributed by atoms with Crippen molar-refractivity contribution in [1.82, 2.24) is 9.44 Å². The largest absolute Gasteiger partial charge is 0.290 e. The van der Waals surface area contributed by atoms with Crippen LogP contribution in [0.3, 0.4) is 0 Å². The standard InChI is InChI=1S/C2H6N2OS/c1-3-6-4-2-5/h2-3H,1H3,(H,4,5). The Morgan fingerprint density at radius 3 is 2.67 bits per heavy atom. The fourth-order valence-corrected chi connectivity index (χ4v) is 0.249. The van der Waals surface area contributed by atoms with Gasteiger partial charge in [-0.25, -0.2) is 4.72 Å². The summed E-state index contributed by atoms with van der Waals surface area (Å²) in [5.41, 5.74) is 0. The van der Waals surface area contributed by atoms with Gasteiger partial charge in [-0.15, -0.1) is 0 Å². The average molecular weight is 106 g/mol. The first-order valence-corrected chi connectivity index (χ1v) is 2.25. The van der Waals surface area contributed by atoms with Crippen LogP contribution in [0.1, 0.15) is 0 Å². The maximum Gasteiger partial charge on any atom is 0.217 e. The van der Waals surface area contributed by atoms with E-state index < -0.39 is 0 Å². The second kappa shape index (κ2) is 4.78. The second-order valence-corrected chi connectivity index (χ2v) is 1.39. The molecule has 1 amide bonds. The quantitative estimate of drug-likeness (QED) is 0.290. The van der Waals surface area contributed by atoms with Crippen molar-refractivity contribution in [3.05, 3.63) is 0 Å². The molecule has 6 heavy (non-hydrogen) atoms. The molecule has 0 rings (SSSR count). The second-order valence-electron chi connectivity index (χ2n) is 0.542. The molecule has 0 aromatic rings. The summed E-state index contributed by atoms with van der Waals surface area (Å²) in [4.78, 5) is 9.39. The first kappa shape index (κ1) is 5.78. The predicted octanol–water partition coefficient (Wildman–Crippen LogP) is -0.485. The van der Waals surface area contributed by atoms with Gasteiger partial charge >= 0.3 is 0 Å². The summed E-state index contributed by atoms with van der Waals surface area (Å²) in [5, 5.41) is 0. The van der Waals surface area contributed by atoms with Gasteiger partial charge in [0.15, 0.2) is 0 Å². The van der Waals surface area contributed by atoms with Gasteiger partial charge in [-0.3, -0.25) is 9.52 Å². The minimum atomic E-state index is 0.612. The van der Waals surface area contributed by atoms with Crippen molar-refractivity contribution in [3.63, 3.8) is 0 Å². The van der Waals surface area contributed by atoms with Crippen molar-refractivity contribution < 1.29 is 4.79 Å². The predicted molar refractivity (Wildman–Crippen MR) is 25.9 cm³/mol. The van der Waals surface area contributed by atoms with Gasteiger partial charge in [0.05, 0.1) is 0 Å². The summed E-state index contributed by atoms with van der Waals surface area (Å²) >= 11 is 1.14. The molecular weight excluding hydrogens is 100 g/mol. The molecule has 4 heteroatoms. The molecule has 0 aromatic heterocycles. The van der Waals surface area contributed by atoms with Crippen LogP contribution in [0.4, 0.5) is 0 Å². The lowest BCUT2D eigenvalue weighted by Crippen LogP contribution is -2.05. The van der Waals surface area contributed by atoms with Gasteiger partial charge in [0, 0.05) is 12.1 Å². The molecule has 0 radical (unpaired) electrons. The van der Waals surface area contributed by atoms with Crippen LogP contribution < -0.4 is 9.44 Å². The van der Waals surface area contributed by atoms with Crippen molar-refractivity contribution in [2.75, 3.05) is 7.05 Å². The Morgan fingerprint density at radius 1 is 1.83 bits per heavy atom. The number of hydrogen-bond acceptors (Lipinski definition) is 3. The zero-order valence-electron chi connectivity index (χ0n) is 3.39. The van der Waals surface area contributed by atoms with Crippen LogP contribution in [-0.2, 0) is 4.79 Å². The third kappa shape index (κ3) is 3.78. The molecule has 0 aliphatic carbocycles. The van der Waals surface area contributed by atoms with E-state index in [4.69, 9.17) is 0 Å². The molecule has 0 atom stereocenters. The minimum absolute atomic E-state index is 0.612. The van der Waals surface area contributed by atoms with E-state index in [1.54, 1.807) is 7.05 Å². The van der Waals surface area contributed by atoms with Crippen molar-refractivity contribution in [1.29, 1.82) is 0 Å². The fourth-order valence-electron chi connectivity index (χ4n) is 0.0830. The highest BCUT2D eigenvalue weighted by Crippen LogP contribution is 1.72. The van der Waals surface area contributed by atoms with Gasteiger partial charge < -0.3 is 0 Å². The highest BCUT2D eigenvalue weighted by Gasteiger charge is 1.68. The molecule has 0 aromatic carbocycles. The third-order valence-electron chi connectivity index (χ3n) is 0.209. The van der Waals surface area contributed by atoms with Gasteiger partial charge in [0.1, 0.15) is 0 Å². The molecule has 0 heterocycles. The zero-order valence-corrected chi connectivity index (χ0v) is 4.21. The SMILES string of the molecule is CNSNC=O. The van der Waals surface area contributed by atoms with Crippen molar-refractivity contribution >= 4 is 18.5 Å². The van der Waals surface area contributed by atoms with Gasteiger partial charge in [-0.2, -0.15) is 0 Å². The number of carbonyl (C=O) groups is 1. The first-order chi connectivity index (χ1) is 2.91. The maximum atomic E-state index is 9.39. The van der Waals surface area contributed by atoms with Crippen LogP contribution in [0.15, 0.2) is 0 Å². The number of nitrogens with one attached hydrogen (secondary N) is 2. The molecule has 0 aliphatic rings. The van der Waals surface area contributed by atoms with E-state index in [2.05, 4.69) is 9.44 Å². The summed E-state index contributed by atoms with van der Waals surface area (Å²) in [6, 6.07) is 0. The lowest BCUT2D eigenvalue weighted by atomic mass is 11.5. The van der Waals surface area contributed by atoms with Crippen LogP contribution in [0, 0.1) is 0 Å². The highest BCUT2D eigenvalue weighted by molar-refractivity contribution is 7.95. The van der Waals surface area contributed by atoms with E-state index >= 15 is 0 Å². The van der Waals surface area contributed by atoms with Crippen LogP contribution >= 0.6 is 12.1 Å². The Bertz CT molecular complexity index is 40.5. The van der Waals surface area contributed by atoms with Crippen molar-refractivity contribution in [2.45, 2.75) is 0 Å². The van der Waals surface area contributed by atoms with Crippen molar-refractivity contribution in [3.8, 4) is 0 Å². The molecule has 0 saturated heterocycles. The van der Waals surface area contributed by atoms with Gasteiger partial charge in [-0.05, 0) is 7.05 Å². The number of hydrogen-bond donors (Lipinski definition) is 2. The Balaban J connectivity index is 2.49. The summed E-state index contributed by atoms with van der Waals surface area (Å²) in [5.74, 6) is 0. The molecule has 3 nitrogen and oxygen atoms in total. The lowest BCUT2D eigenvalue weighted by molar-refractivity contribution is -0.107. The highest BCUT2D eigenvalue weighted by atomic mass is 32.2. The smallest absolute Gasteiger partial charge is 0.217 e. The molecule has 0 unspecified atom stereocenters. The number of rotatable bonds is 3. The van der Waals surface area contributed by atoms with Crippen LogP contribution in [0.25, 0.3) is 0 Å². The number of amides is 1. The molecule has 0 spiro atoms. The zero-order chi connectivity index (χ0) is 4.83. The monoisotopic (exact) mass is 106 g/mol. The topological polar surface area (TPSA) is 41.1 Å². The van der Waals surface area contributed by atoms with E-state index in [0.29, 0.717) is 6.41 Å². The average Bonchev–Trinajstić information content (AvgIpc) is 1.61. The molecular formula is C2H6N2OS. The van der Waals surface area contributed by atoms with E-state index in [1.165, 1.54) is 0 Å². The van der Waals surface area contributed by atoms with E-state index in [0.717, 1.165) is 12.1 Å². The van der Waals surface area contributed by atoms with Gasteiger partial charge in [0.25, 0.3) is 0 Å². The Hall–Kier alpha value is -0.220. The summed E-state index contributed by atoms with van der Waals surface area (Å²) in [6.45, 7) is 0. The molecule has 2 N–H and O–H groups in total. The first-order valence-electron chi connectivity index (χ1n) is 1.43. The summed E-state index contributed by atoms with van der Waals surface area (Å²) in [7, 11) is 1.72. The Morgan fingerprint density at radius 2 is 2.50 bits per heavy atom. The third-order valence-corrected chi connectivity index (χ3v) is 0.627. The summed E-state index contributed by atoms with van der Waals surface area (Å²) < 4.78 is 4.97. The number of carbonyl (C=O) groups excluding carboxylic acids is 1. The van der Waals surface area contributed by atoms with Crippen LogP contribution in [0.2, 0.25) is 0 Å². The molecule has 0 bridgehead atoms. The molecule has 0 aliphatic heterocycles. The van der Waals surface area contributed by atoms with E-state index in [-0.39, 0.29) is 0 Å². The Labute approximate surface area is 40.8 Å². The van der Waals surface area contributed by atoms with Gasteiger partial charge in [-0.1, -0.05) is 0 Å². The van der Waals surface area contributed by atoms with Crippen LogP contribution in [0.5, 0.6) is 0 Å². The Kier molecular flexibility index (Phi) is 4.60. The lowest BCUT2D eigenvalue weighted by Gasteiger charge is -1.87. The molecule has 36 valence electrons. The van der Waals surface area contributed by atoms with Gasteiger partial charge in [0.2, 0.25) is 6.41 Å². The molecule has 0 fully saturated rings. The maximum absolute atomic E-state index is 9.39. The summed E-state index contributed by atoms with van der Waals surface area (Å²) in [6.07, 6.45) is 0.612. The van der Waals surface area contributed by atoms with E-state index in [1.807, 2.05) is 0 Å². The molecule has 0 saturated carbocycles. The van der Waals surface area contributed by atoms with E-state index in [9.17, 15) is 4.79 Å². The minimum Gasteiger partial charge on any atom is -0.290 e. The fraction of sp³-hybridized carbons (Fsp3) is 0.500. The van der Waals surface area contributed by atoms with Crippen molar-refractivity contribution in [2.24, 2.45) is 0 Å². The van der Waals surface area contributed by atoms with Crippen LogP contribution in [-0.4, -0.2) is 13.5 Å². The normalized spacial score (nSPS) is 7.50.